The topological polar surface area (TPSA) is 26.3 Å². The first-order valence-electron chi connectivity index (χ1n) is 10.2. The van der Waals surface area contributed by atoms with Crippen molar-refractivity contribution < 1.29 is 9.53 Å². The summed E-state index contributed by atoms with van der Waals surface area (Å²) in [6.07, 6.45) is 3.95. The van der Waals surface area contributed by atoms with Crippen LogP contribution in [0.25, 0.3) is 5.57 Å². The smallest absolute Gasteiger partial charge is 0.170 e. The highest BCUT2D eigenvalue weighted by atomic mass is 16.5. The Morgan fingerprint density at radius 2 is 1.62 bits per heavy atom. The lowest BCUT2D eigenvalue weighted by molar-refractivity contribution is -0.122. The average molecular weight is 353 g/mol. The molecule has 0 amide bonds. The van der Waals surface area contributed by atoms with E-state index in [0.717, 1.165) is 31.3 Å². The molecule has 2 heteroatoms. The fraction of sp³-hybridized carbons (Fsp3) is 0.625. The number of benzene rings is 1. The number of ether oxygens (including phenoxy) is 1. The van der Waals surface area contributed by atoms with Crippen LogP contribution in [0.5, 0.6) is 0 Å². The molecule has 4 atom stereocenters. The molecule has 2 aliphatic heterocycles. The van der Waals surface area contributed by atoms with Crippen LogP contribution in [-0.4, -0.2) is 17.0 Å². The molecule has 0 radical (unpaired) electrons. The molecule has 0 unspecified atom stereocenters. The first-order chi connectivity index (χ1) is 12.1. The van der Waals surface area contributed by atoms with Gasteiger partial charge >= 0.3 is 0 Å². The van der Waals surface area contributed by atoms with Crippen LogP contribution in [0.3, 0.4) is 0 Å². The minimum atomic E-state index is -0.312. The molecular formula is C24H32O2. The highest BCUT2D eigenvalue weighted by Crippen LogP contribution is 2.70. The van der Waals surface area contributed by atoms with Gasteiger partial charge < -0.3 is 4.74 Å². The predicted molar refractivity (Wildman–Crippen MR) is 106 cm³/mol. The number of Topliss-reactive ketones (excluding diaryl/α,β-unsaturated/α-hetero) is 1. The van der Waals surface area contributed by atoms with Crippen molar-refractivity contribution in [3.63, 3.8) is 0 Å². The van der Waals surface area contributed by atoms with Crippen LogP contribution < -0.4 is 0 Å². The van der Waals surface area contributed by atoms with Gasteiger partial charge in [-0.2, -0.15) is 0 Å². The third kappa shape index (κ3) is 1.89. The summed E-state index contributed by atoms with van der Waals surface area (Å²) >= 11 is 0. The SMILES string of the molecule is CCc1cc(C)cc(CC)c1C1=C(C)[C@@]2(C)[C@@H](C1=O)[C@]1(C)CC[C@@]2(C)O1. The minimum Gasteiger partial charge on any atom is -0.367 e. The van der Waals surface area contributed by atoms with Gasteiger partial charge in [0.15, 0.2) is 5.78 Å². The predicted octanol–water partition coefficient (Wildman–Crippen LogP) is 5.44. The maximum Gasteiger partial charge on any atom is 0.170 e. The molecule has 2 fully saturated rings. The van der Waals surface area contributed by atoms with E-state index in [2.05, 4.69) is 60.6 Å². The third-order valence-corrected chi connectivity index (χ3v) is 7.96. The summed E-state index contributed by atoms with van der Waals surface area (Å²) in [6.45, 7) is 15.4. The quantitative estimate of drug-likeness (QED) is 0.724. The Morgan fingerprint density at radius 1 is 1.04 bits per heavy atom. The Balaban J connectivity index is 2.00. The number of ketones is 1. The molecule has 0 saturated carbocycles. The number of carbonyl (C=O) groups excluding carboxylic acids is 1. The molecule has 2 heterocycles. The van der Waals surface area contributed by atoms with Crippen LogP contribution in [0.4, 0.5) is 0 Å². The van der Waals surface area contributed by atoms with Gasteiger partial charge in [-0.15, -0.1) is 0 Å². The average Bonchev–Trinajstić information content (AvgIpc) is 3.08. The lowest BCUT2D eigenvalue weighted by Gasteiger charge is -2.42. The number of hydrogen-bond acceptors (Lipinski definition) is 2. The van der Waals surface area contributed by atoms with Crippen molar-refractivity contribution in [1.82, 2.24) is 0 Å². The summed E-state index contributed by atoms with van der Waals surface area (Å²) in [5.74, 6) is 0.281. The Hall–Kier alpha value is -1.41. The van der Waals surface area contributed by atoms with Crippen molar-refractivity contribution in [2.24, 2.45) is 11.3 Å². The van der Waals surface area contributed by atoms with Gasteiger partial charge in [0.25, 0.3) is 0 Å². The summed E-state index contributed by atoms with van der Waals surface area (Å²) in [5.41, 5.74) is 6.69. The monoisotopic (exact) mass is 352 g/mol. The Kier molecular flexibility index (Phi) is 3.68. The van der Waals surface area contributed by atoms with E-state index in [1.54, 1.807) is 0 Å². The second-order valence-corrected chi connectivity index (χ2v) is 9.31. The molecule has 1 aromatic rings. The van der Waals surface area contributed by atoms with E-state index in [-0.39, 0.29) is 22.5 Å². The largest absolute Gasteiger partial charge is 0.367 e. The molecule has 0 spiro atoms. The molecule has 140 valence electrons. The lowest BCUT2D eigenvalue weighted by atomic mass is 9.57. The van der Waals surface area contributed by atoms with Gasteiger partial charge in [0, 0.05) is 11.0 Å². The molecule has 4 rings (SSSR count). The van der Waals surface area contributed by atoms with Crippen molar-refractivity contribution >= 4 is 11.4 Å². The maximum atomic E-state index is 13.8. The van der Waals surface area contributed by atoms with Gasteiger partial charge in [0.2, 0.25) is 0 Å². The zero-order chi connectivity index (χ0) is 19.1. The molecule has 0 N–H and O–H groups in total. The van der Waals surface area contributed by atoms with Gasteiger partial charge in [-0.25, -0.2) is 0 Å². The van der Waals surface area contributed by atoms with Gasteiger partial charge in [0.05, 0.1) is 17.1 Å². The lowest BCUT2D eigenvalue weighted by Crippen LogP contribution is -2.47. The van der Waals surface area contributed by atoms with Crippen LogP contribution >= 0.6 is 0 Å². The van der Waals surface area contributed by atoms with E-state index < -0.39 is 0 Å². The van der Waals surface area contributed by atoms with Crippen LogP contribution in [0.2, 0.25) is 0 Å². The number of aryl methyl sites for hydroxylation is 3. The van der Waals surface area contributed by atoms with Gasteiger partial charge in [-0.1, -0.05) is 44.0 Å². The van der Waals surface area contributed by atoms with Crippen LogP contribution in [0.15, 0.2) is 17.7 Å². The standard InChI is InChI=1S/C24H32O2/c1-8-16-12-14(3)13-17(9-2)19(16)18-15(4)24(7)21(20(18)25)22(5)10-11-23(24,6)26-22/h12-13,21H,8-11H2,1-7H3/t21-,22-,23+,24-/m0/s1. The molecule has 2 bridgehead atoms. The van der Waals surface area contributed by atoms with Gasteiger partial charge in [0.1, 0.15) is 0 Å². The maximum absolute atomic E-state index is 13.8. The van der Waals surface area contributed by atoms with Crippen LogP contribution in [0.1, 0.15) is 76.6 Å². The van der Waals surface area contributed by atoms with E-state index in [1.165, 1.54) is 27.8 Å². The third-order valence-electron chi connectivity index (χ3n) is 7.96. The molecule has 26 heavy (non-hydrogen) atoms. The Labute approximate surface area is 158 Å². The van der Waals surface area contributed by atoms with Crippen molar-refractivity contribution in [2.45, 2.75) is 85.4 Å². The molecule has 3 aliphatic rings. The summed E-state index contributed by atoms with van der Waals surface area (Å²) in [4.78, 5) is 13.8. The van der Waals surface area contributed by atoms with E-state index in [1.807, 2.05) is 0 Å². The number of allylic oxidation sites excluding steroid dienone is 1. The molecule has 2 saturated heterocycles. The molecule has 1 aromatic carbocycles. The van der Waals surface area contributed by atoms with E-state index in [0.29, 0.717) is 5.78 Å². The number of hydrogen-bond donors (Lipinski definition) is 0. The normalized spacial score (nSPS) is 38.4. The van der Waals surface area contributed by atoms with Gasteiger partial charge in [-0.05, 0) is 70.1 Å². The summed E-state index contributed by atoms with van der Waals surface area (Å²) < 4.78 is 6.52. The molecular weight excluding hydrogens is 320 g/mol. The minimum absolute atomic E-state index is 0.0422. The summed E-state index contributed by atoms with van der Waals surface area (Å²) in [6, 6.07) is 4.54. The van der Waals surface area contributed by atoms with Crippen molar-refractivity contribution in [2.75, 3.05) is 0 Å². The second-order valence-electron chi connectivity index (χ2n) is 9.31. The molecule has 1 aliphatic carbocycles. The van der Waals surface area contributed by atoms with Crippen LogP contribution in [0, 0.1) is 18.3 Å². The zero-order valence-electron chi connectivity index (χ0n) is 17.4. The first-order valence-corrected chi connectivity index (χ1v) is 10.2. The highest BCUT2D eigenvalue weighted by Gasteiger charge is 2.74. The van der Waals surface area contributed by atoms with E-state index in [4.69, 9.17) is 4.74 Å². The summed E-state index contributed by atoms with van der Waals surface area (Å²) in [7, 11) is 0. The number of fused-ring (bicyclic) bond motifs is 5. The first kappa shape index (κ1) is 18.0. The Bertz CT molecular complexity index is 823. The van der Waals surface area contributed by atoms with Crippen molar-refractivity contribution in [3.05, 3.63) is 40.0 Å². The van der Waals surface area contributed by atoms with Crippen molar-refractivity contribution in [3.8, 4) is 0 Å². The molecule has 2 nitrogen and oxygen atoms in total. The van der Waals surface area contributed by atoms with E-state index in [9.17, 15) is 4.79 Å². The summed E-state index contributed by atoms with van der Waals surface area (Å²) in [5, 5.41) is 0. The van der Waals surface area contributed by atoms with Crippen molar-refractivity contribution in [1.29, 1.82) is 0 Å². The van der Waals surface area contributed by atoms with Crippen LogP contribution in [-0.2, 0) is 22.4 Å². The van der Waals surface area contributed by atoms with Gasteiger partial charge in [-0.3, -0.25) is 4.79 Å². The fourth-order valence-electron chi connectivity index (χ4n) is 6.46. The van der Waals surface area contributed by atoms with E-state index >= 15 is 0 Å². The fourth-order valence-corrected chi connectivity index (χ4v) is 6.46. The molecule has 0 aromatic heterocycles. The number of rotatable bonds is 3. The zero-order valence-corrected chi connectivity index (χ0v) is 17.4. The number of carbonyl (C=O) groups is 1. The highest BCUT2D eigenvalue weighted by molar-refractivity contribution is 6.27. The second kappa shape index (κ2) is 5.32. The Morgan fingerprint density at radius 3 is 2.12 bits per heavy atom.